The number of para-hydroxylation sites is 1. The van der Waals surface area contributed by atoms with Crippen molar-refractivity contribution in [3.05, 3.63) is 65.5 Å². The molecule has 1 fully saturated rings. The highest BCUT2D eigenvalue weighted by Gasteiger charge is 2.45. The summed E-state index contributed by atoms with van der Waals surface area (Å²) in [4.78, 5) is 9.54. The second kappa shape index (κ2) is 5.94. The molecule has 0 amide bonds. The highest BCUT2D eigenvalue weighted by atomic mass is 32.1. The Balaban J connectivity index is 1.79. The minimum Gasteiger partial charge on any atom is -0.252 e. The van der Waals surface area contributed by atoms with Gasteiger partial charge in [0.15, 0.2) is 5.82 Å². The van der Waals surface area contributed by atoms with Gasteiger partial charge in [-0.15, -0.1) is 0 Å². The molecule has 3 nitrogen and oxygen atoms in total. The zero-order valence-corrected chi connectivity index (χ0v) is 13.6. The summed E-state index contributed by atoms with van der Waals surface area (Å²) in [6.07, 6.45) is -0.364. The summed E-state index contributed by atoms with van der Waals surface area (Å²) in [5.41, 5.74) is 1.95. The number of halogens is 2. The van der Waals surface area contributed by atoms with Crippen LogP contribution >= 0.6 is 11.5 Å². The molecular formula is C18H15F2N3S. The number of benzene rings is 2. The minimum atomic E-state index is -2.57. The molecule has 0 atom stereocenters. The fourth-order valence-electron chi connectivity index (χ4n) is 2.72. The number of rotatable bonds is 3. The smallest absolute Gasteiger partial charge is 0.252 e. The third-order valence-corrected chi connectivity index (χ3v) is 4.88. The molecule has 2 aromatic carbocycles. The van der Waals surface area contributed by atoms with Gasteiger partial charge in [0, 0.05) is 18.4 Å². The first-order valence-electron chi connectivity index (χ1n) is 7.74. The van der Waals surface area contributed by atoms with Gasteiger partial charge in [-0.3, -0.25) is 4.99 Å². The van der Waals surface area contributed by atoms with Crippen LogP contribution in [0.25, 0.3) is 17.1 Å². The van der Waals surface area contributed by atoms with Gasteiger partial charge >= 0.3 is 0 Å². The lowest BCUT2D eigenvalue weighted by atomic mass is 9.89. The quantitative estimate of drug-likeness (QED) is 0.697. The van der Waals surface area contributed by atoms with Crippen molar-refractivity contribution in [2.45, 2.75) is 24.8 Å². The van der Waals surface area contributed by atoms with Gasteiger partial charge in [0.1, 0.15) is 0 Å². The van der Waals surface area contributed by atoms with E-state index in [1.54, 1.807) is 0 Å². The molecule has 1 heterocycles. The first-order valence-corrected chi connectivity index (χ1v) is 8.51. The van der Waals surface area contributed by atoms with Crippen molar-refractivity contribution in [3.63, 3.8) is 0 Å². The topological polar surface area (TPSA) is 30.2 Å². The summed E-state index contributed by atoms with van der Waals surface area (Å²) < 4.78 is 28.0. The third-order valence-electron chi connectivity index (χ3n) is 3.95. The second-order valence-corrected chi connectivity index (χ2v) is 6.77. The molecule has 0 saturated heterocycles. The average Bonchev–Trinajstić information content (AvgIpc) is 2.99. The first-order chi connectivity index (χ1) is 11.6. The van der Waals surface area contributed by atoms with Crippen LogP contribution in [0.1, 0.15) is 12.8 Å². The Kier molecular flexibility index (Phi) is 3.76. The van der Waals surface area contributed by atoms with Gasteiger partial charge in [0.25, 0.3) is 5.92 Å². The molecule has 24 heavy (non-hydrogen) atoms. The lowest BCUT2D eigenvalue weighted by Crippen LogP contribution is -2.39. The molecule has 0 unspecified atom stereocenters. The largest absolute Gasteiger partial charge is 0.252 e. The van der Waals surface area contributed by atoms with E-state index >= 15 is 0 Å². The van der Waals surface area contributed by atoms with Crippen molar-refractivity contribution in [2.24, 2.45) is 4.99 Å². The molecule has 1 saturated carbocycles. The van der Waals surface area contributed by atoms with Crippen LogP contribution in [-0.4, -0.2) is 20.9 Å². The Morgan fingerprint density at radius 2 is 1.62 bits per heavy atom. The van der Waals surface area contributed by atoms with Crippen LogP contribution in [0.4, 0.5) is 8.78 Å². The summed E-state index contributed by atoms with van der Waals surface area (Å²) in [5, 5.41) is 0. The number of hydrogen-bond acceptors (Lipinski definition) is 3. The maximum absolute atomic E-state index is 13.0. The molecule has 3 aromatic rings. The molecule has 0 aliphatic heterocycles. The lowest BCUT2D eigenvalue weighted by Gasteiger charge is -2.31. The van der Waals surface area contributed by atoms with Gasteiger partial charge in [-0.05, 0) is 23.7 Å². The van der Waals surface area contributed by atoms with E-state index in [0.29, 0.717) is 4.80 Å². The number of nitrogens with zero attached hydrogens (tertiary/aromatic N) is 3. The Bertz CT molecular complexity index is 833. The molecule has 4 rings (SSSR count). The molecule has 122 valence electrons. The Hall–Kier alpha value is -2.34. The van der Waals surface area contributed by atoms with Crippen molar-refractivity contribution >= 4 is 11.5 Å². The van der Waals surface area contributed by atoms with Crippen LogP contribution in [0.3, 0.4) is 0 Å². The Labute approximate surface area is 142 Å². The molecular weight excluding hydrogens is 328 g/mol. The molecule has 0 bridgehead atoms. The molecule has 1 aliphatic rings. The summed E-state index contributed by atoms with van der Waals surface area (Å²) in [7, 11) is 0. The molecule has 0 N–H and O–H groups in total. The van der Waals surface area contributed by atoms with Crippen molar-refractivity contribution in [1.82, 2.24) is 8.94 Å². The number of hydrogen-bond donors (Lipinski definition) is 0. The van der Waals surface area contributed by atoms with Gasteiger partial charge in [0.05, 0.1) is 11.7 Å². The van der Waals surface area contributed by atoms with Crippen LogP contribution < -0.4 is 4.80 Å². The monoisotopic (exact) mass is 343 g/mol. The SMILES string of the molecule is FC1(F)CC(N=c2nc(-c3ccccc3)n(-c3ccccc3)s2)C1. The molecule has 1 aromatic heterocycles. The van der Waals surface area contributed by atoms with Gasteiger partial charge in [-0.1, -0.05) is 48.5 Å². The van der Waals surface area contributed by atoms with E-state index < -0.39 is 5.92 Å². The lowest BCUT2D eigenvalue weighted by molar-refractivity contribution is -0.0841. The summed E-state index contributed by atoms with van der Waals surface area (Å²) in [5.74, 6) is -1.79. The van der Waals surface area contributed by atoms with Crippen LogP contribution in [0.15, 0.2) is 65.7 Å². The van der Waals surface area contributed by atoms with Gasteiger partial charge in [-0.2, -0.15) is 4.98 Å². The number of alkyl halides is 2. The fourth-order valence-corrected chi connectivity index (χ4v) is 3.66. The van der Waals surface area contributed by atoms with Crippen LogP contribution in [0.2, 0.25) is 0 Å². The predicted octanol–water partition coefficient (Wildman–Crippen LogP) is 4.30. The fraction of sp³-hybridized carbons (Fsp3) is 0.222. The summed E-state index contributed by atoms with van der Waals surface area (Å²) in [6.45, 7) is 0. The van der Waals surface area contributed by atoms with Gasteiger partial charge in [-0.25, -0.2) is 12.7 Å². The predicted molar refractivity (Wildman–Crippen MR) is 90.4 cm³/mol. The van der Waals surface area contributed by atoms with Crippen LogP contribution in [0, 0.1) is 0 Å². The molecule has 1 aliphatic carbocycles. The molecule has 6 heteroatoms. The maximum atomic E-state index is 13.0. The van der Waals surface area contributed by atoms with Gasteiger partial charge in [0.2, 0.25) is 4.80 Å². The van der Waals surface area contributed by atoms with Gasteiger partial charge < -0.3 is 0 Å². The summed E-state index contributed by atoms with van der Waals surface area (Å²) in [6, 6.07) is 19.3. The van der Waals surface area contributed by atoms with E-state index in [1.165, 1.54) is 11.5 Å². The highest BCUT2D eigenvalue weighted by molar-refractivity contribution is 7.04. The third kappa shape index (κ3) is 3.01. The normalized spacial score (nSPS) is 17.7. The minimum absolute atomic E-state index is 0.182. The summed E-state index contributed by atoms with van der Waals surface area (Å²) >= 11 is 1.38. The van der Waals surface area contributed by atoms with E-state index in [1.807, 2.05) is 64.6 Å². The van der Waals surface area contributed by atoms with E-state index in [0.717, 1.165) is 17.1 Å². The maximum Gasteiger partial charge on any atom is 0.252 e. The first kappa shape index (κ1) is 15.2. The van der Waals surface area contributed by atoms with E-state index in [9.17, 15) is 8.78 Å². The molecule has 0 spiro atoms. The number of aromatic nitrogens is 2. The van der Waals surface area contributed by atoms with E-state index in [-0.39, 0.29) is 18.9 Å². The highest BCUT2D eigenvalue weighted by Crippen LogP contribution is 2.39. The zero-order valence-electron chi connectivity index (χ0n) is 12.8. The second-order valence-electron chi connectivity index (χ2n) is 5.85. The van der Waals surface area contributed by atoms with Crippen molar-refractivity contribution in [1.29, 1.82) is 0 Å². The molecule has 0 radical (unpaired) electrons. The van der Waals surface area contributed by atoms with E-state index in [2.05, 4.69) is 9.98 Å². The van der Waals surface area contributed by atoms with Crippen LogP contribution in [0.5, 0.6) is 0 Å². The Morgan fingerprint density at radius 1 is 1.00 bits per heavy atom. The van der Waals surface area contributed by atoms with Crippen LogP contribution in [-0.2, 0) is 0 Å². The zero-order chi connectivity index (χ0) is 16.6. The average molecular weight is 343 g/mol. The van der Waals surface area contributed by atoms with Crippen molar-refractivity contribution < 1.29 is 8.78 Å². The standard InChI is InChI=1S/C18H15F2N3S/c19-18(20)11-14(12-18)21-17-22-16(13-7-3-1-4-8-13)23(24-17)15-9-5-2-6-10-15/h1-10,14H,11-12H2. The Morgan fingerprint density at radius 3 is 2.25 bits per heavy atom. The van der Waals surface area contributed by atoms with E-state index in [4.69, 9.17) is 0 Å². The van der Waals surface area contributed by atoms with Crippen molar-refractivity contribution in [3.8, 4) is 17.1 Å². The van der Waals surface area contributed by atoms with Crippen molar-refractivity contribution in [2.75, 3.05) is 0 Å².